The van der Waals surface area contributed by atoms with Crippen molar-refractivity contribution in [2.75, 3.05) is 11.4 Å². The van der Waals surface area contributed by atoms with E-state index in [1.807, 2.05) is 25.1 Å². The van der Waals surface area contributed by atoms with Gasteiger partial charge in [0.2, 0.25) is 0 Å². The van der Waals surface area contributed by atoms with Crippen molar-refractivity contribution in [3.05, 3.63) is 71.8 Å². The lowest BCUT2D eigenvalue weighted by Crippen LogP contribution is -2.24. The fourth-order valence-corrected chi connectivity index (χ4v) is 2.30. The third-order valence-corrected chi connectivity index (χ3v) is 3.54. The van der Waals surface area contributed by atoms with E-state index in [0.717, 1.165) is 29.9 Å². The smallest absolute Gasteiger partial charge is 0.0724 e. The maximum Gasteiger partial charge on any atom is 0.0724 e. The zero-order valence-corrected chi connectivity index (χ0v) is 14.0. The molecule has 0 aliphatic carbocycles. The Morgan fingerprint density at radius 3 is 2.68 bits per heavy atom. The molecule has 1 rings (SSSR count). The summed E-state index contributed by atoms with van der Waals surface area (Å²) in [7, 11) is 0. The molecule has 0 aliphatic heterocycles. The highest BCUT2D eigenvalue weighted by molar-refractivity contribution is 6.32. The molecule has 0 bridgehead atoms. The Kier molecular flexibility index (Phi) is 7.33. The first-order valence-corrected chi connectivity index (χ1v) is 7.50. The van der Waals surface area contributed by atoms with Gasteiger partial charge in [-0.15, -0.1) is 0 Å². The van der Waals surface area contributed by atoms with Crippen LogP contribution in [0.5, 0.6) is 0 Å². The second kappa shape index (κ2) is 9.00. The van der Waals surface area contributed by atoms with E-state index in [-0.39, 0.29) is 0 Å². The van der Waals surface area contributed by atoms with Crippen LogP contribution in [0.3, 0.4) is 0 Å². The van der Waals surface area contributed by atoms with Crippen LogP contribution in [-0.2, 0) is 0 Å². The highest BCUT2D eigenvalue weighted by Gasteiger charge is 2.18. The Bertz CT molecular complexity index is 590. The second-order valence-corrected chi connectivity index (χ2v) is 4.98. The second-order valence-electron chi connectivity index (χ2n) is 4.57. The molecule has 1 aromatic rings. The van der Waals surface area contributed by atoms with Crippen molar-refractivity contribution in [3.8, 4) is 0 Å². The summed E-state index contributed by atoms with van der Waals surface area (Å²) >= 11 is 6.37. The average molecular weight is 316 g/mol. The Hall–Kier alpha value is -2.13. The molecule has 0 atom stereocenters. The summed E-state index contributed by atoms with van der Waals surface area (Å²) in [5.41, 5.74) is 3.05. The largest absolute Gasteiger partial charge is 0.340 e. The van der Waals surface area contributed by atoms with E-state index in [1.54, 1.807) is 18.5 Å². The van der Waals surface area contributed by atoms with Gasteiger partial charge in [-0.1, -0.05) is 37.8 Å². The normalized spacial score (nSPS) is 12.4. The van der Waals surface area contributed by atoms with Gasteiger partial charge < -0.3 is 4.90 Å². The number of halogens is 1. The maximum atomic E-state index is 6.37. The number of aliphatic imine (C=N–C) groups is 1. The van der Waals surface area contributed by atoms with Gasteiger partial charge in [-0.05, 0) is 38.3 Å². The van der Waals surface area contributed by atoms with E-state index in [4.69, 9.17) is 11.6 Å². The summed E-state index contributed by atoms with van der Waals surface area (Å²) < 4.78 is 0. The molecule has 0 amide bonds. The summed E-state index contributed by atoms with van der Waals surface area (Å²) in [5.74, 6) is 0. The first-order valence-electron chi connectivity index (χ1n) is 7.13. The molecular weight excluding hydrogens is 294 g/mol. The molecule has 0 aliphatic rings. The summed E-state index contributed by atoms with van der Waals surface area (Å²) in [6.07, 6.45) is 7.94. The van der Waals surface area contributed by atoms with Gasteiger partial charge in [0.05, 0.1) is 17.6 Å². The monoisotopic (exact) mass is 315 g/mol. The quantitative estimate of drug-likeness (QED) is 0.493. The molecule has 0 radical (unpaired) electrons. The minimum absolute atomic E-state index is 0.567. The van der Waals surface area contributed by atoms with Crippen molar-refractivity contribution in [1.82, 2.24) is 4.98 Å². The lowest BCUT2D eigenvalue weighted by molar-refractivity contribution is 0.853. The highest BCUT2D eigenvalue weighted by atomic mass is 35.5. The lowest BCUT2D eigenvalue weighted by atomic mass is 10.1. The molecule has 0 fully saturated rings. The predicted octanol–water partition coefficient (Wildman–Crippen LogP) is 5.10. The van der Waals surface area contributed by atoms with Crippen molar-refractivity contribution in [2.45, 2.75) is 20.3 Å². The van der Waals surface area contributed by atoms with Crippen molar-refractivity contribution >= 4 is 24.0 Å². The Morgan fingerprint density at radius 2 is 2.23 bits per heavy atom. The molecule has 3 nitrogen and oxygen atoms in total. The predicted molar refractivity (Wildman–Crippen MR) is 97.4 cm³/mol. The van der Waals surface area contributed by atoms with E-state index in [2.05, 4.69) is 41.7 Å². The number of nitrogens with zero attached hydrogens (tertiary/aromatic N) is 3. The standard InChI is InChI=1S/C18H22ClN3/c1-6-12-22(15-10-9-11-21-13-15)14(4)18(16(19)7-2)17(8-3)20-5/h7-11,13H,3-6,12H2,1-2H3/b16-7+,18-17+. The van der Waals surface area contributed by atoms with Gasteiger partial charge in [0.15, 0.2) is 0 Å². The fraction of sp³-hybridized carbons (Fsp3) is 0.222. The minimum atomic E-state index is 0.567. The van der Waals surface area contributed by atoms with Gasteiger partial charge >= 0.3 is 0 Å². The van der Waals surface area contributed by atoms with Gasteiger partial charge in [0.1, 0.15) is 0 Å². The van der Waals surface area contributed by atoms with Gasteiger partial charge in [0.25, 0.3) is 0 Å². The number of hydrogen-bond acceptors (Lipinski definition) is 3. The molecule has 116 valence electrons. The average Bonchev–Trinajstić information content (AvgIpc) is 2.57. The lowest BCUT2D eigenvalue weighted by Gasteiger charge is -2.28. The van der Waals surface area contributed by atoms with Crippen LogP contribution in [0.4, 0.5) is 5.69 Å². The van der Waals surface area contributed by atoms with E-state index >= 15 is 0 Å². The SMILES string of the molecule is C=C/C(N=C)=C(C(=C)N(CCC)c1cccnc1)\C(Cl)=C/C. The van der Waals surface area contributed by atoms with Crippen LogP contribution in [0.25, 0.3) is 0 Å². The number of aromatic nitrogens is 1. The van der Waals surface area contributed by atoms with Gasteiger partial charge in [-0.2, -0.15) is 0 Å². The topological polar surface area (TPSA) is 28.5 Å². The van der Waals surface area contributed by atoms with Crippen LogP contribution >= 0.6 is 11.6 Å². The summed E-state index contributed by atoms with van der Waals surface area (Å²) in [6.45, 7) is 16.4. The Balaban J connectivity index is 3.40. The van der Waals surface area contributed by atoms with Crippen LogP contribution in [0, 0.1) is 0 Å². The highest BCUT2D eigenvalue weighted by Crippen LogP contribution is 2.31. The van der Waals surface area contributed by atoms with Gasteiger partial charge in [-0.3, -0.25) is 9.98 Å². The third kappa shape index (κ3) is 4.18. The molecule has 22 heavy (non-hydrogen) atoms. The van der Waals surface area contributed by atoms with Crippen LogP contribution < -0.4 is 4.90 Å². The maximum absolute atomic E-state index is 6.37. The fourth-order valence-electron chi connectivity index (χ4n) is 2.09. The van der Waals surface area contributed by atoms with E-state index in [9.17, 15) is 0 Å². The Morgan fingerprint density at radius 1 is 1.50 bits per heavy atom. The Labute approximate surface area is 138 Å². The minimum Gasteiger partial charge on any atom is -0.340 e. The van der Waals surface area contributed by atoms with Gasteiger partial charge in [0, 0.05) is 29.0 Å². The van der Waals surface area contributed by atoms with Crippen molar-refractivity contribution < 1.29 is 0 Å². The molecule has 1 aromatic heterocycles. The van der Waals surface area contributed by atoms with Gasteiger partial charge in [-0.25, -0.2) is 0 Å². The zero-order valence-electron chi connectivity index (χ0n) is 13.2. The molecule has 0 saturated heterocycles. The number of pyridine rings is 1. The first kappa shape index (κ1) is 17.9. The van der Waals surface area contributed by atoms with Crippen LogP contribution in [0.1, 0.15) is 20.3 Å². The summed E-state index contributed by atoms with van der Waals surface area (Å²) in [6, 6.07) is 3.88. The molecule has 1 heterocycles. The van der Waals surface area contributed by atoms with Crippen LogP contribution in [0.15, 0.2) is 76.8 Å². The summed E-state index contributed by atoms with van der Waals surface area (Å²) in [4.78, 5) is 10.3. The number of allylic oxidation sites excluding steroid dienone is 3. The van der Waals surface area contributed by atoms with Crippen LogP contribution in [-0.4, -0.2) is 18.2 Å². The molecule has 0 saturated carbocycles. The molecule has 4 heteroatoms. The molecule has 0 aromatic carbocycles. The van der Waals surface area contributed by atoms with E-state index in [0.29, 0.717) is 10.7 Å². The van der Waals surface area contributed by atoms with Crippen molar-refractivity contribution in [3.63, 3.8) is 0 Å². The van der Waals surface area contributed by atoms with Crippen molar-refractivity contribution in [2.24, 2.45) is 4.99 Å². The number of anilines is 1. The van der Waals surface area contributed by atoms with Crippen LogP contribution in [0.2, 0.25) is 0 Å². The number of hydrogen-bond donors (Lipinski definition) is 0. The molecule has 0 spiro atoms. The third-order valence-electron chi connectivity index (χ3n) is 3.13. The number of rotatable bonds is 8. The zero-order chi connectivity index (χ0) is 16.5. The molecule has 0 N–H and O–H groups in total. The molecular formula is C18H22ClN3. The van der Waals surface area contributed by atoms with Crippen molar-refractivity contribution in [1.29, 1.82) is 0 Å². The van der Waals surface area contributed by atoms with E-state index in [1.165, 1.54) is 0 Å². The summed E-state index contributed by atoms with van der Waals surface area (Å²) in [5, 5.41) is 0.567. The van der Waals surface area contributed by atoms with E-state index < -0.39 is 0 Å². The molecule has 0 unspecified atom stereocenters. The first-order chi connectivity index (χ1) is 10.6.